The third-order valence-electron chi connectivity index (χ3n) is 4.30. The topological polar surface area (TPSA) is 41.3 Å². The number of benzene rings is 1. The predicted octanol–water partition coefficient (Wildman–Crippen LogP) is 2.15. The lowest BCUT2D eigenvalue weighted by atomic mass is 9.87. The molecular formula is C17H27N3. The fraction of sp³-hybridized carbons (Fsp3) is 0.529. The highest BCUT2D eigenvalue weighted by molar-refractivity contribution is 5.14. The lowest BCUT2D eigenvalue weighted by molar-refractivity contribution is 0.134. The molecule has 0 bridgehead atoms. The number of nitrogens with zero attached hydrogens (tertiary/aromatic N) is 1. The second kappa shape index (κ2) is 7.58. The van der Waals surface area contributed by atoms with Crippen molar-refractivity contribution in [3.63, 3.8) is 0 Å². The van der Waals surface area contributed by atoms with E-state index in [1.165, 1.54) is 5.56 Å². The van der Waals surface area contributed by atoms with E-state index in [9.17, 15) is 0 Å². The molecule has 0 atom stereocenters. The molecule has 1 aliphatic heterocycles. The van der Waals surface area contributed by atoms with Crippen LogP contribution in [0, 0.1) is 0 Å². The largest absolute Gasteiger partial charge is 0.329 e. The molecule has 0 aliphatic carbocycles. The van der Waals surface area contributed by atoms with E-state index in [-0.39, 0.29) is 5.54 Å². The standard InChI is InChI=1S/C17H27N3/c1-2-3-11-19-17(15-18)9-12-20(13-10-17)14-16-7-5-4-6-8-16/h2,4-8,19H,1,3,9-15,18H2. The van der Waals surface area contributed by atoms with Crippen LogP contribution in [-0.4, -0.2) is 36.6 Å². The Kier molecular flexibility index (Phi) is 5.77. The van der Waals surface area contributed by atoms with Gasteiger partial charge in [0.1, 0.15) is 0 Å². The van der Waals surface area contributed by atoms with Crippen LogP contribution in [0.1, 0.15) is 24.8 Å². The van der Waals surface area contributed by atoms with E-state index in [0.29, 0.717) is 0 Å². The second-order valence-electron chi connectivity index (χ2n) is 5.75. The SMILES string of the molecule is C=CCCNC1(CN)CCN(Cc2ccccc2)CC1. The van der Waals surface area contributed by atoms with Crippen molar-refractivity contribution >= 4 is 0 Å². The molecule has 0 amide bonds. The van der Waals surface area contributed by atoms with Crippen molar-refractivity contribution < 1.29 is 0 Å². The third-order valence-corrected chi connectivity index (χ3v) is 4.30. The summed E-state index contributed by atoms with van der Waals surface area (Å²) in [6, 6.07) is 10.7. The van der Waals surface area contributed by atoms with Crippen molar-refractivity contribution in [3.05, 3.63) is 48.6 Å². The minimum atomic E-state index is 0.135. The molecule has 2 rings (SSSR count). The Labute approximate surface area is 122 Å². The highest BCUT2D eigenvalue weighted by Crippen LogP contribution is 2.22. The molecule has 0 unspecified atom stereocenters. The minimum absolute atomic E-state index is 0.135. The zero-order valence-electron chi connectivity index (χ0n) is 12.4. The van der Waals surface area contributed by atoms with Crippen LogP contribution in [0.25, 0.3) is 0 Å². The maximum absolute atomic E-state index is 6.01. The van der Waals surface area contributed by atoms with E-state index < -0.39 is 0 Å². The Morgan fingerprint density at radius 2 is 1.95 bits per heavy atom. The molecule has 3 N–H and O–H groups in total. The smallest absolute Gasteiger partial charge is 0.0328 e. The highest BCUT2D eigenvalue weighted by Gasteiger charge is 2.32. The molecule has 1 aromatic carbocycles. The van der Waals surface area contributed by atoms with E-state index in [4.69, 9.17) is 5.73 Å². The second-order valence-corrected chi connectivity index (χ2v) is 5.75. The van der Waals surface area contributed by atoms with E-state index in [1.807, 2.05) is 6.08 Å². The summed E-state index contributed by atoms with van der Waals surface area (Å²) in [5.74, 6) is 0. The molecule has 1 aromatic rings. The molecule has 1 heterocycles. The summed E-state index contributed by atoms with van der Waals surface area (Å²) in [7, 11) is 0. The predicted molar refractivity (Wildman–Crippen MR) is 85.6 cm³/mol. The first kappa shape index (κ1) is 15.2. The van der Waals surface area contributed by atoms with Gasteiger partial charge in [0, 0.05) is 31.7 Å². The molecule has 110 valence electrons. The Morgan fingerprint density at radius 1 is 1.25 bits per heavy atom. The Morgan fingerprint density at radius 3 is 2.55 bits per heavy atom. The van der Waals surface area contributed by atoms with Crippen molar-refractivity contribution in [2.45, 2.75) is 31.3 Å². The summed E-state index contributed by atoms with van der Waals surface area (Å²) in [5.41, 5.74) is 7.54. The quantitative estimate of drug-likeness (QED) is 0.591. The maximum atomic E-state index is 6.01. The lowest BCUT2D eigenvalue weighted by Crippen LogP contribution is -2.57. The zero-order chi connectivity index (χ0) is 14.3. The van der Waals surface area contributed by atoms with Crippen LogP contribution in [0.2, 0.25) is 0 Å². The van der Waals surface area contributed by atoms with Gasteiger partial charge in [0.15, 0.2) is 0 Å². The van der Waals surface area contributed by atoms with Crippen molar-refractivity contribution in [1.29, 1.82) is 0 Å². The molecule has 3 nitrogen and oxygen atoms in total. The number of likely N-dealkylation sites (tertiary alicyclic amines) is 1. The van der Waals surface area contributed by atoms with Crippen LogP contribution in [0.4, 0.5) is 0 Å². The van der Waals surface area contributed by atoms with Crippen LogP contribution in [0.5, 0.6) is 0 Å². The molecule has 0 radical (unpaired) electrons. The van der Waals surface area contributed by atoms with Gasteiger partial charge in [0.25, 0.3) is 0 Å². The van der Waals surface area contributed by atoms with Gasteiger partial charge < -0.3 is 11.1 Å². The van der Waals surface area contributed by atoms with Gasteiger partial charge in [-0.3, -0.25) is 4.90 Å². The van der Waals surface area contributed by atoms with Gasteiger partial charge in [-0.15, -0.1) is 6.58 Å². The van der Waals surface area contributed by atoms with Crippen LogP contribution >= 0.6 is 0 Å². The molecule has 1 aliphatic rings. The van der Waals surface area contributed by atoms with E-state index in [1.54, 1.807) is 0 Å². The molecule has 1 saturated heterocycles. The monoisotopic (exact) mass is 273 g/mol. The molecule has 20 heavy (non-hydrogen) atoms. The summed E-state index contributed by atoms with van der Waals surface area (Å²) < 4.78 is 0. The average Bonchev–Trinajstić information content (AvgIpc) is 2.51. The third kappa shape index (κ3) is 4.17. The van der Waals surface area contributed by atoms with Gasteiger partial charge in [-0.2, -0.15) is 0 Å². The van der Waals surface area contributed by atoms with Crippen molar-refractivity contribution in [1.82, 2.24) is 10.2 Å². The van der Waals surface area contributed by atoms with Crippen LogP contribution in [0.3, 0.4) is 0 Å². The first-order valence-electron chi connectivity index (χ1n) is 7.60. The molecule has 1 fully saturated rings. The molecule has 0 saturated carbocycles. The number of hydrogen-bond acceptors (Lipinski definition) is 3. The van der Waals surface area contributed by atoms with Gasteiger partial charge >= 0.3 is 0 Å². The van der Waals surface area contributed by atoms with Crippen molar-refractivity contribution in [2.24, 2.45) is 5.73 Å². The van der Waals surface area contributed by atoms with Gasteiger partial charge in [-0.25, -0.2) is 0 Å². The number of rotatable bonds is 7. The van der Waals surface area contributed by atoms with Crippen LogP contribution < -0.4 is 11.1 Å². The number of nitrogens with two attached hydrogens (primary N) is 1. The Balaban J connectivity index is 1.82. The van der Waals surface area contributed by atoms with Gasteiger partial charge in [0.2, 0.25) is 0 Å². The fourth-order valence-electron chi connectivity index (χ4n) is 2.87. The molecule has 3 heteroatoms. The first-order chi connectivity index (χ1) is 9.78. The maximum Gasteiger partial charge on any atom is 0.0328 e. The lowest BCUT2D eigenvalue weighted by Gasteiger charge is -2.42. The molecular weight excluding hydrogens is 246 g/mol. The summed E-state index contributed by atoms with van der Waals surface area (Å²) in [6.45, 7) is 8.77. The zero-order valence-corrected chi connectivity index (χ0v) is 12.4. The van der Waals surface area contributed by atoms with E-state index in [2.05, 4.69) is 47.1 Å². The van der Waals surface area contributed by atoms with E-state index >= 15 is 0 Å². The van der Waals surface area contributed by atoms with Crippen molar-refractivity contribution in [2.75, 3.05) is 26.2 Å². The Hall–Kier alpha value is -1.16. The van der Waals surface area contributed by atoms with Crippen LogP contribution in [-0.2, 0) is 6.54 Å². The van der Waals surface area contributed by atoms with Crippen molar-refractivity contribution in [3.8, 4) is 0 Å². The van der Waals surface area contributed by atoms with Gasteiger partial charge in [-0.1, -0.05) is 36.4 Å². The fourth-order valence-corrected chi connectivity index (χ4v) is 2.87. The molecule has 0 spiro atoms. The van der Waals surface area contributed by atoms with E-state index in [0.717, 1.165) is 52.0 Å². The average molecular weight is 273 g/mol. The van der Waals surface area contributed by atoms with Gasteiger partial charge in [-0.05, 0) is 31.4 Å². The number of piperidine rings is 1. The van der Waals surface area contributed by atoms with Crippen LogP contribution in [0.15, 0.2) is 43.0 Å². The normalized spacial score (nSPS) is 18.9. The summed E-state index contributed by atoms with van der Waals surface area (Å²) >= 11 is 0. The number of hydrogen-bond donors (Lipinski definition) is 2. The first-order valence-corrected chi connectivity index (χ1v) is 7.60. The summed E-state index contributed by atoms with van der Waals surface area (Å²) in [5, 5.41) is 3.65. The summed E-state index contributed by atoms with van der Waals surface area (Å²) in [6.07, 6.45) is 5.23. The van der Waals surface area contributed by atoms with Gasteiger partial charge in [0.05, 0.1) is 0 Å². The highest BCUT2D eigenvalue weighted by atomic mass is 15.2. The number of nitrogens with one attached hydrogen (secondary N) is 1. The molecule has 0 aromatic heterocycles. The summed E-state index contributed by atoms with van der Waals surface area (Å²) in [4.78, 5) is 2.53. The minimum Gasteiger partial charge on any atom is -0.329 e. The Bertz CT molecular complexity index is 394.